The van der Waals surface area contributed by atoms with Gasteiger partial charge in [0.1, 0.15) is 12.2 Å². The van der Waals surface area contributed by atoms with E-state index in [0.717, 1.165) is 11.4 Å². The first-order valence-electron chi connectivity index (χ1n) is 11.0. The number of imidazole rings is 1. The fourth-order valence-electron chi connectivity index (χ4n) is 3.97. The number of rotatable bonds is 6. The molecule has 0 saturated carbocycles. The third-order valence-electron chi connectivity index (χ3n) is 5.74. The first-order valence-corrected chi connectivity index (χ1v) is 11.0. The molecule has 5 heterocycles. The van der Waals surface area contributed by atoms with Crippen molar-refractivity contribution in [2.24, 2.45) is 0 Å². The highest BCUT2D eigenvalue weighted by Gasteiger charge is 2.47. The Balaban J connectivity index is 1.57. The first kappa shape index (κ1) is 22.8. The predicted molar refractivity (Wildman–Crippen MR) is 125 cm³/mol. The quantitative estimate of drug-likeness (QED) is 0.310. The van der Waals surface area contributed by atoms with Gasteiger partial charge >= 0.3 is 0 Å². The zero-order chi connectivity index (χ0) is 24.5. The van der Waals surface area contributed by atoms with Gasteiger partial charge in [-0.25, -0.2) is 15.0 Å². The van der Waals surface area contributed by atoms with Gasteiger partial charge in [0.15, 0.2) is 35.1 Å². The summed E-state index contributed by atoms with van der Waals surface area (Å²) in [5, 5.41) is 26.7. The predicted octanol–water partition coefficient (Wildman–Crippen LogP) is 0.569. The highest BCUT2D eigenvalue weighted by molar-refractivity contribution is 5.85. The molecule has 1 aliphatic heterocycles. The lowest BCUT2D eigenvalue weighted by atomic mass is 10.1. The summed E-state index contributed by atoms with van der Waals surface area (Å²) in [4.78, 5) is 34.5. The van der Waals surface area contributed by atoms with Crippen molar-refractivity contribution < 1.29 is 19.7 Å². The number of nitrogens with zero attached hydrogens (tertiary/aromatic N) is 6. The van der Waals surface area contributed by atoms with Crippen LogP contribution >= 0.6 is 0 Å². The van der Waals surface area contributed by atoms with Crippen molar-refractivity contribution in [1.82, 2.24) is 34.8 Å². The Morgan fingerprint density at radius 2 is 2.00 bits per heavy atom. The third-order valence-corrected chi connectivity index (χ3v) is 5.74. The van der Waals surface area contributed by atoms with Crippen LogP contribution in [0, 0.1) is 6.92 Å². The normalized spacial score (nSPS) is 21.8. The Morgan fingerprint density at radius 1 is 1.14 bits per heavy atom. The Labute approximate surface area is 200 Å². The second kappa shape index (κ2) is 9.33. The zero-order valence-electron chi connectivity index (χ0n) is 19.0. The second-order valence-electron chi connectivity index (χ2n) is 8.13. The minimum atomic E-state index is -1.41. The molecular weight excluding hydrogens is 452 g/mol. The number of amides is 1. The number of aromatic nitrogens is 6. The number of fused-ring (bicyclic) bond motifs is 1. The van der Waals surface area contributed by atoms with E-state index in [1.165, 1.54) is 17.9 Å². The number of carbonyl (C=O) groups excluding carboxylic acids is 1. The summed E-state index contributed by atoms with van der Waals surface area (Å²) in [5.74, 6) is 0.289. The molecule has 180 valence electrons. The number of anilines is 1. The zero-order valence-corrected chi connectivity index (χ0v) is 19.0. The molecular formula is C23H24N8O4. The van der Waals surface area contributed by atoms with Crippen molar-refractivity contribution in [3.05, 3.63) is 60.4 Å². The molecule has 4 atom stereocenters. The number of ether oxygens (including phenoxy) is 1. The maximum atomic E-state index is 12.1. The number of carbonyl (C=O) groups is 1. The lowest BCUT2D eigenvalue weighted by Crippen LogP contribution is -2.41. The number of aliphatic hydroxyl groups is 2. The molecule has 4 unspecified atom stereocenters. The fraction of sp³-hybridized carbons (Fsp3) is 0.304. The van der Waals surface area contributed by atoms with Crippen LogP contribution in [0.15, 0.2) is 49.1 Å². The Bertz CT molecular complexity index is 1360. The molecule has 1 saturated heterocycles. The first-order chi connectivity index (χ1) is 17.0. The maximum Gasteiger partial charge on any atom is 0.251 e. The van der Waals surface area contributed by atoms with Gasteiger partial charge in [0, 0.05) is 30.7 Å². The van der Waals surface area contributed by atoms with Crippen LogP contribution in [0.25, 0.3) is 22.6 Å². The summed E-state index contributed by atoms with van der Waals surface area (Å²) in [6.45, 7) is 2.31. The molecule has 4 N–H and O–H groups in total. The van der Waals surface area contributed by atoms with E-state index >= 15 is 0 Å². The summed E-state index contributed by atoms with van der Waals surface area (Å²) in [6.07, 6.45) is -0.378. The van der Waals surface area contributed by atoms with Gasteiger partial charge in [0.05, 0.1) is 18.6 Å². The van der Waals surface area contributed by atoms with E-state index in [1.807, 2.05) is 31.2 Å². The molecule has 1 aliphatic rings. The van der Waals surface area contributed by atoms with E-state index in [-0.39, 0.29) is 0 Å². The summed E-state index contributed by atoms with van der Waals surface area (Å²) in [5.41, 5.74) is 3.18. The number of hydrogen-bond donors (Lipinski definition) is 4. The SMILES string of the molecule is CNC(=O)C1OC(n2cnc3c(NCc4cccc(C)n4)nc(-c4cccnc4)nc32)C(O)C1O. The molecule has 0 bridgehead atoms. The van der Waals surface area contributed by atoms with E-state index in [0.29, 0.717) is 34.9 Å². The van der Waals surface area contributed by atoms with Crippen LogP contribution < -0.4 is 10.6 Å². The summed E-state index contributed by atoms with van der Waals surface area (Å²) < 4.78 is 7.22. The largest absolute Gasteiger partial charge is 0.387 e. The van der Waals surface area contributed by atoms with E-state index < -0.39 is 30.4 Å². The lowest BCUT2D eigenvalue weighted by molar-refractivity contribution is -0.137. The second-order valence-corrected chi connectivity index (χ2v) is 8.13. The smallest absolute Gasteiger partial charge is 0.251 e. The molecule has 4 aromatic rings. The van der Waals surface area contributed by atoms with Gasteiger partial charge < -0.3 is 25.6 Å². The number of likely N-dealkylation sites (N-methyl/N-ethyl adjacent to an activating group) is 1. The minimum absolute atomic E-state index is 0.354. The summed E-state index contributed by atoms with van der Waals surface area (Å²) in [7, 11) is 1.43. The standard InChI is InChI=1S/C23H24N8O4/c1-12-5-3-7-14(28-12)10-26-20-15-21(30-19(29-20)13-6-4-8-25-9-13)31(11-27-15)23-17(33)16(32)18(35-23)22(34)24-2/h3-9,11,16-18,23,32-33H,10H2,1-2H3,(H,24,34)(H,26,29,30). The highest BCUT2D eigenvalue weighted by Crippen LogP contribution is 2.33. The average Bonchev–Trinajstić information content (AvgIpc) is 3.43. The summed E-state index contributed by atoms with van der Waals surface area (Å²) in [6, 6.07) is 9.35. The van der Waals surface area contributed by atoms with Crippen molar-refractivity contribution >= 4 is 22.9 Å². The van der Waals surface area contributed by atoms with Gasteiger partial charge in [-0.3, -0.25) is 19.3 Å². The van der Waals surface area contributed by atoms with Crippen LogP contribution in [0.3, 0.4) is 0 Å². The average molecular weight is 476 g/mol. The number of pyridine rings is 2. The van der Waals surface area contributed by atoms with Crippen LogP contribution in [0.4, 0.5) is 5.82 Å². The molecule has 5 rings (SSSR count). The van der Waals surface area contributed by atoms with Crippen LogP contribution in [0.2, 0.25) is 0 Å². The van der Waals surface area contributed by atoms with Crippen molar-refractivity contribution in [2.75, 3.05) is 12.4 Å². The number of aryl methyl sites for hydroxylation is 1. The van der Waals surface area contributed by atoms with E-state index in [9.17, 15) is 15.0 Å². The Morgan fingerprint density at radius 3 is 2.74 bits per heavy atom. The third kappa shape index (κ3) is 4.30. The molecule has 35 heavy (non-hydrogen) atoms. The fourth-order valence-corrected chi connectivity index (χ4v) is 3.97. The molecule has 1 amide bonds. The Kier molecular flexibility index (Phi) is 6.07. The van der Waals surface area contributed by atoms with Gasteiger partial charge in [-0.05, 0) is 31.2 Å². The monoisotopic (exact) mass is 476 g/mol. The molecule has 12 heteroatoms. The summed E-state index contributed by atoms with van der Waals surface area (Å²) >= 11 is 0. The van der Waals surface area contributed by atoms with Crippen LogP contribution in [0.5, 0.6) is 0 Å². The van der Waals surface area contributed by atoms with E-state index in [4.69, 9.17) is 4.74 Å². The topological polar surface area (TPSA) is 160 Å². The Hall–Kier alpha value is -4.00. The molecule has 0 radical (unpaired) electrons. The number of aliphatic hydroxyl groups excluding tert-OH is 2. The minimum Gasteiger partial charge on any atom is -0.387 e. The van der Waals surface area contributed by atoms with Crippen molar-refractivity contribution in [2.45, 2.75) is 38.0 Å². The van der Waals surface area contributed by atoms with Crippen molar-refractivity contribution in [3.8, 4) is 11.4 Å². The molecule has 0 aliphatic carbocycles. The van der Waals surface area contributed by atoms with E-state index in [1.54, 1.807) is 18.5 Å². The highest BCUT2D eigenvalue weighted by atomic mass is 16.6. The van der Waals surface area contributed by atoms with Crippen LogP contribution in [-0.2, 0) is 16.1 Å². The van der Waals surface area contributed by atoms with Crippen molar-refractivity contribution in [3.63, 3.8) is 0 Å². The van der Waals surface area contributed by atoms with Crippen LogP contribution in [0.1, 0.15) is 17.6 Å². The maximum absolute atomic E-state index is 12.1. The molecule has 4 aromatic heterocycles. The van der Waals surface area contributed by atoms with Gasteiger partial charge in [0.25, 0.3) is 5.91 Å². The van der Waals surface area contributed by atoms with E-state index in [2.05, 4.69) is 35.6 Å². The van der Waals surface area contributed by atoms with Gasteiger partial charge in [-0.1, -0.05) is 6.07 Å². The number of hydrogen-bond acceptors (Lipinski definition) is 10. The molecule has 0 aromatic carbocycles. The van der Waals surface area contributed by atoms with Crippen molar-refractivity contribution in [1.29, 1.82) is 0 Å². The van der Waals surface area contributed by atoms with Gasteiger partial charge in [-0.2, -0.15) is 0 Å². The molecule has 12 nitrogen and oxygen atoms in total. The molecule has 0 spiro atoms. The lowest BCUT2D eigenvalue weighted by Gasteiger charge is -2.17. The van der Waals surface area contributed by atoms with Gasteiger partial charge in [-0.15, -0.1) is 0 Å². The van der Waals surface area contributed by atoms with Crippen LogP contribution in [-0.4, -0.2) is 71.0 Å². The molecule has 1 fully saturated rings. The van der Waals surface area contributed by atoms with Gasteiger partial charge in [0.2, 0.25) is 0 Å². The number of nitrogens with one attached hydrogen (secondary N) is 2.